The molecule has 122 valence electrons. The molecular weight excluding hydrogens is 360 g/mol. The second kappa shape index (κ2) is 6.13. The molecule has 0 amide bonds. The van der Waals surface area contributed by atoms with E-state index in [1.165, 1.54) is 6.07 Å². The number of anilines is 1. The van der Waals surface area contributed by atoms with Gasteiger partial charge in [0, 0.05) is 17.2 Å². The summed E-state index contributed by atoms with van der Waals surface area (Å²) < 4.78 is 44.1. The number of rotatable bonds is 3. The van der Waals surface area contributed by atoms with Crippen molar-refractivity contribution in [1.82, 2.24) is 0 Å². The Morgan fingerprint density at radius 1 is 1.13 bits per heavy atom. The van der Waals surface area contributed by atoms with E-state index >= 15 is 0 Å². The molecule has 10 heteroatoms. The van der Waals surface area contributed by atoms with Crippen LogP contribution in [0.4, 0.5) is 24.5 Å². The van der Waals surface area contributed by atoms with E-state index in [4.69, 9.17) is 33.7 Å². The number of nitro groups is 1. The molecule has 0 aliphatic rings. The highest BCUT2D eigenvalue weighted by molar-refractivity contribution is 6.32. The largest absolute Gasteiger partial charge is 0.455 e. The number of hydrogen-bond acceptors (Lipinski definition) is 4. The minimum absolute atomic E-state index is 0.126. The third-order valence-corrected chi connectivity index (χ3v) is 3.28. The van der Waals surface area contributed by atoms with E-state index < -0.39 is 28.1 Å². The molecule has 0 saturated heterocycles. The summed E-state index contributed by atoms with van der Waals surface area (Å²) >= 11 is 11.4. The van der Waals surface area contributed by atoms with Gasteiger partial charge in [-0.05, 0) is 18.2 Å². The maximum atomic E-state index is 13.0. The normalized spacial score (nSPS) is 11.3. The molecule has 0 bridgehead atoms. The Morgan fingerprint density at radius 2 is 1.78 bits per heavy atom. The van der Waals surface area contributed by atoms with E-state index in [1.807, 2.05) is 0 Å². The predicted octanol–water partition coefficient (Wildman–Crippen LogP) is 5.29. The third-order valence-electron chi connectivity index (χ3n) is 2.74. The molecular formula is C13H7Cl2F3N2O3. The summed E-state index contributed by atoms with van der Waals surface area (Å²) in [7, 11) is 0. The molecule has 2 aromatic carbocycles. The van der Waals surface area contributed by atoms with Crippen molar-refractivity contribution in [3.8, 4) is 11.5 Å². The molecule has 2 N–H and O–H groups in total. The van der Waals surface area contributed by atoms with Crippen molar-refractivity contribution in [2.45, 2.75) is 6.18 Å². The molecule has 0 atom stereocenters. The first kappa shape index (κ1) is 17.2. The minimum atomic E-state index is -4.71. The third kappa shape index (κ3) is 3.77. The highest BCUT2D eigenvalue weighted by Crippen LogP contribution is 2.42. The van der Waals surface area contributed by atoms with Crippen LogP contribution in [0.25, 0.3) is 0 Å². The van der Waals surface area contributed by atoms with E-state index in [0.717, 1.165) is 18.2 Å². The monoisotopic (exact) mass is 366 g/mol. The van der Waals surface area contributed by atoms with Gasteiger partial charge in [0.05, 0.1) is 15.5 Å². The van der Waals surface area contributed by atoms with E-state index in [0.29, 0.717) is 6.07 Å². The highest BCUT2D eigenvalue weighted by atomic mass is 35.5. The van der Waals surface area contributed by atoms with Crippen LogP contribution >= 0.6 is 23.2 Å². The van der Waals surface area contributed by atoms with Crippen LogP contribution in [0, 0.1) is 10.1 Å². The Labute approximate surface area is 137 Å². The first-order valence-electron chi connectivity index (χ1n) is 5.87. The molecule has 0 aromatic heterocycles. The van der Waals surface area contributed by atoms with E-state index in [1.54, 1.807) is 0 Å². The number of halogens is 5. The van der Waals surface area contributed by atoms with Gasteiger partial charge in [-0.3, -0.25) is 10.1 Å². The predicted molar refractivity (Wildman–Crippen MR) is 79.0 cm³/mol. The topological polar surface area (TPSA) is 78.4 Å². The summed E-state index contributed by atoms with van der Waals surface area (Å²) in [6, 6.07) is 4.79. The lowest BCUT2D eigenvalue weighted by Crippen LogP contribution is -2.07. The summed E-state index contributed by atoms with van der Waals surface area (Å²) in [6.45, 7) is 0. The number of nitrogen functional groups attached to an aromatic ring is 1. The van der Waals surface area contributed by atoms with E-state index in [2.05, 4.69) is 0 Å². The van der Waals surface area contributed by atoms with Crippen LogP contribution in [0.5, 0.6) is 11.5 Å². The second-order valence-corrected chi connectivity index (χ2v) is 5.18. The summed E-state index contributed by atoms with van der Waals surface area (Å²) in [6.07, 6.45) is -4.71. The first-order chi connectivity index (χ1) is 10.6. The molecule has 0 aliphatic heterocycles. The van der Waals surface area contributed by atoms with Crippen LogP contribution in [0.15, 0.2) is 30.3 Å². The molecule has 0 radical (unpaired) electrons. The van der Waals surface area contributed by atoms with Gasteiger partial charge in [0.2, 0.25) is 0 Å². The van der Waals surface area contributed by atoms with Gasteiger partial charge in [0.1, 0.15) is 17.2 Å². The van der Waals surface area contributed by atoms with E-state index in [-0.39, 0.29) is 21.5 Å². The van der Waals surface area contributed by atoms with Crippen LogP contribution in [-0.2, 0) is 6.18 Å². The fraction of sp³-hybridized carbons (Fsp3) is 0.0769. The molecule has 0 fully saturated rings. The molecule has 0 spiro atoms. The SMILES string of the molecule is Nc1cc(Oc2ccc(Cl)cc2C(F)(F)F)c(Cl)cc1[N+](=O)[O-]. The van der Waals surface area contributed by atoms with Crippen LogP contribution in [0.1, 0.15) is 5.56 Å². The maximum Gasteiger partial charge on any atom is 0.420 e. The van der Waals surface area contributed by atoms with Gasteiger partial charge in [0.25, 0.3) is 5.69 Å². The van der Waals surface area contributed by atoms with Gasteiger partial charge in [-0.1, -0.05) is 23.2 Å². The number of nitrogens with zero attached hydrogens (tertiary/aromatic N) is 1. The lowest BCUT2D eigenvalue weighted by molar-refractivity contribution is -0.383. The van der Waals surface area contributed by atoms with Crippen molar-refractivity contribution in [3.05, 3.63) is 56.1 Å². The molecule has 0 heterocycles. The van der Waals surface area contributed by atoms with Crippen molar-refractivity contribution in [2.24, 2.45) is 0 Å². The Hall–Kier alpha value is -2.19. The van der Waals surface area contributed by atoms with Crippen LogP contribution < -0.4 is 10.5 Å². The van der Waals surface area contributed by atoms with Crippen LogP contribution in [0.2, 0.25) is 10.0 Å². The second-order valence-electron chi connectivity index (χ2n) is 4.34. The van der Waals surface area contributed by atoms with Crippen molar-refractivity contribution < 1.29 is 22.8 Å². The standard InChI is InChI=1S/C13H7Cl2F3N2O3/c14-6-1-2-11(7(3-6)13(16,17)18)23-12-5-9(19)10(20(21)22)4-8(12)15/h1-5H,19H2. The smallest absolute Gasteiger partial charge is 0.420 e. The lowest BCUT2D eigenvalue weighted by atomic mass is 10.2. The van der Waals surface area contributed by atoms with Crippen LogP contribution in [0.3, 0.4) is 0 Å². The average Bonchev–Trinajstić information content (AvgIpc) is 2.42. The molecule has 5 nitrogen and oxygen atoms in total. The summed E-state index contributed by atoms with van der Waals surface area (Å²) in [5, 5.41) is 10.3. The van der Waals surface area contributed by atoms with Gasteiger partial charge < -0.3 is 10.5 Å². The van der Waals surface area contributed by atoms with Crippen molar-refractivity contribution in [1.29, 1.82) is 0 Å². The Balaban J connectivity index is 2.48. The Morgan fingerprint density at radius 3 is 2.35 bits per heavy atom. The van der Waals surface area contributed by atoms with Crippen molar-refractivity contribution >= 4 is 34.6 Å². The molecule has 2 aromatic rings. The van der Waals surface area contributed by atoms with Gasteiger partial charge in [-0.15, -0.1) is 0 Å². The van der Waals surface area contributed by atoms with E-state index in [9.17, 15) is 23.3 Å². The quantitative estimate of drug-likeness (QED) is 0.454. The van der Waals surface area contributed by atoms with Crippen LogP contribution in [-0.4, -0.2) is 4.92 Å². The van der Waals surface area contributed by atoms with Gasteiger partial charge in [-0.2, -0.15) is 13.2 Å². The number of alkyl halides is 3. The number of ether oxygens (including phenoxy) is 1. The summed E-state index contributed by atoms with van der Waals surface area (Å²) in [5.41, 5.74) is 3.58. The lowest BCUT2D eigenvalue weighted by Gasteiger charge is -2.15. The van der Waals surface area contributed by atoms with Gasteiger partial charge in [0.15, 0.2) is 0 Å². The summed E-state index contributed by atoms with van der Waals surface area (Å²) in [5.74, 6) is -0.806. The van der Waals surface area contributed by atoms with Crippen molar-refractivity contribution in [3.63, 3.8) is 0 Å². The molecule has 0 saturated carbocycles. The van der Waals surface area contributed by atoms with Gasteiger partial charge >= 0.3 is 6.18 Å². The Kier molecular flexibility index (Phi) is 4.58. The molecule has 23 heavy (non-hydrogen) atoms. The zero-order chi connectivity index (χ0) is 17.4. The minimum Gasteiger partial charge on any atom is -0.455 e. The number of nitro benzene ring substituents is 1. The van der Waals surface area contributed by atoms with Gasteiger partial charge in [-0.25, -0.2) is 0 Å². The van der Waals surface area contributed by atoms with Crippen molar-refractivity contribution in [2.75, 3.05) is 5.73 Å². The number of hydrogen-bond donors (Lipinski definition) is 1. The zero-order valence-corrected chi connectivity index (χ0v) is 12.5. The maximum absolute atomic E-state index is 13.0. The fourth-order valence-corrected chi connectivity index (χ4v) is 2.09. The Bertz CT molecular complexity index is 782. The molecule has 0 aliphatic carbocycles. The highest BCUT2D eigenvalue weighted by Gasteiger charge is 2.35. The zero-order valence-electron chi connectivity index (χ0n) is 11.0. The fourth-order valence-electron chi connectivity index (χ4n) is 1.73. The number of benzene rings is 2. The first-order valence-corrected chi connectivity index (χ1v) is 6.63. The molecule has 2 rings (SSSR count). The number of nitrogens with two attached hydrogens (primary N) is 1. The molecule has 0 unspecified atom stereocenters. The average molecular weight is 367 g/mol. The summed E-state index contributed by atoms with van der Waals surface area (Å²) in [4.78, 5) is 9.96.